The fourth-order valence-corrected chi connectivity index (χ4v) is 2.51. The number of nitrogens with zero attached hydrogens (tertiary/aromatic N) is 2. The highest BCUT2D eigenvalue weighted by Crippen LogP contribution is 2.01. The van der Waals surface area contributed by atoms with E-state index in [0.717, 1.165) is 52.5 Å². The van der Waals surface area contributed by atoms with Crippen LogP contribution in [0.2, 0.25) is 0 Å². The van der Waals surface area contributed by atoms with Crippen molar-refractivity contribution in [2.24, 2.45) is 0 Å². The first-order valence-corrected chi connectivity index (χ1v) is 9.41. The summed E-state index contributed by atoms with van der Waals surface area (Å²) in [5.74, 6) is 0. The van der Waals surface area contributed by atoms with Crippen LogP contribution in [-0.2, 0) is 18.9 Å². The summed E-state index contributed by atoms with van der Waals surface area (Å²) in [6.07, 6.45) is 0.600. The highest BCUT2D eigenvalue weighted by Gasteiger charge is 2.16. The average molecular weight is 347 g/mol. The molecule has 6 heteroatoms. The van der Waals surface area contributed by atoms with Crippen molar-refractivity contribution >= 4 is 0 Å². The Balaban J connectivity index is 1.86. The van der Waals surface area contributed by atoms with Crippen molar-refractivity contribution in [2.75, 3.05) is 78.9 Å². The van der Waals surface area contributed by atoms with Crippen molar-refractivity contribution in [1.82, 2.24) is 9.80 Å². The van der Waals surface area contributed by atoms with E-state index in [1.807, 2.05) is 13.8 Å². The summed E-state index contributed by atoms with van der Waals surface area (Å²) in [4.78, 5) is 4.95. The van der Waals surface area contributed by atoms with Crippen molar-refractivity contribution in [3.8, 4) is 0 Å². The normalized spacial score (nSPS) is 17.2. The molecule has 0 aromatic heterocycles. The Kier molecular flexibility index (Phi) is 12.7. The molecule has 0 amide bonds. The van der Waals surface area contributed by atoms with E-state index in [1.165, 1.54) is 0 Å². The van der Waals surface area contributed by atoms with E-state index < -0.39 is 0 Å². The predicted octanol–water partition coefficient (Wildman–Crippen LogP) is 1.49. The quantitative estimate of drug-likeness (QED) is 0.444. The first-order chi connectivity index (χ1) is 11.6. The van der Waals surface area contributed by atoms with Gasteiger partial charge in [0, 0.05) is 39.3 Å². The fraction of sp³-hybridized carbons (Fsp3) is 1.00. The molecule has 1 fully saturated rings. The van der Waals surface area contributed by atoms with Gasteiger partial charge in [-0.3, -0.25) is 9.80 Å². The molecule has 144 valence electrons. The van der Waals surface area contributed by atoms with E-state index in [9.17, 15) is 0 Å². The van der Waals surface area contributed by atoms with E-state index in [2.05, 4.69) is 23.6 Å². The second-order valence-electron chi connectivity index (χ2n) is 6.75. The van der Waals surface area contributed by atoms with Crippen molar-refractivity contribution in [3.05, 3.63) is 0 Å². The fourth-order valence-electron chi connectivity index (χ4n) is 2.51. The highest BCUT2D eigenvalue weighted by molar-refractivity contribution is 4.71. The Hall–Kier alpha value is -0.240. The number of hydrogen-bond acceptors (Lipinski definition) is 6. The molecule has 0 aromatic carbocycles. The smallest absolute Gasteiger partial charge is 0.0703 e. The van der Waals surface area contributed by atoms with Crippen LogP contribution in [0.1, 0.15) is 27.7 Å². The minimum absolute atomic E-state index is 0.271. The van der Waals surface area contributed by atoms with Gasteiger partial charge in [0.1, 0.15) is 0 Å². The third kappa shape index (κ3) is 12.2. The highest BCUT2D eigenvalue weighted by atomic mass is 16.5. The van der Waals surface area contributed by atoms with Crippen LogP contribution in [0.3, 0.4) is 0 Å². The van der Waals surface area contributed by atoms with Crippen molar-refractivity contribution in [3.63, 3.8) is 0 Å². The standard InChI is InChI=1S/C18H38N2O4/c1-17(2)23-12-10-20-7-5-19(6-8-20)9-11-21-13-14-22-15-16-24-18(3)4/h17-18H,5-16H2,1-4H3. The maximum Gasteiger partial charge on any atom is 0.0703 e. The summed E-state index contributed by atoms with van der Waals surface area (Å²) in [6.45, 7) is 19.0. The van der Waals surface area contributed by atoms with E-state index >= 15 is 0 Å². The second-order valence-corrected chi connectivity index (χ2v) is 6.75. The molecule has 0 aromatic rings. The van der Waals surface area contributed by atoms with E-state index in [1.54, 1.807) is 0 Å². The van der Waals surface area contributed by atoms with Gasteiger partial charge < -0.3 is 18.9 Å². The van der Waals surface area contributed by atoms with Gasteiger partial charge in [-0.15, -0.1) is 0 Å². The van der Waals surface area contributed by atoms with Gasteiger partial charge in [0.15, 0.2) is 0 Å². The summed E-state index contributed by atoms with van der Waals surface area (Å²) < 4.78 is 22.1. The third-order valence-corrected chi connectivity index (χ3v) is 3.93. The number of rotatable bonds is 14. The molecule has 6 nitrogen and oxygen atoms in total. The Morgan fingerprint density at radius 3 is 1.54 bits per heavy atom. The van der Waals surface area contributed by atoms with Crippen LogP contribution in [-0.4, -0.2) is 101 Å². The summed E-state index contributed by atoms with van der Waals surface area (Å²) in [7, 11) is 0. The molecule has 1 heterocycles. The molecule has 1 aliphatic heterocycles. The van der Waals surface area contributed by atoms with E-state index in [-0.39, 0.29) is 6.10 Å². The van der Waals surface area contributed by atoms with Crippen molar-refractivity contribution in [2.45, 2.75) is 39.9 Å². The van der Waals surface area contributed by atoms with Gasteiger partial charge in [-0.25, -0.2) is 0 Å². The van der Waals surface area contributed by atoms with Gasteiger partial charge in [-0.1, -0.05) is 0 Å². The molecular formula is C18H38N2O4. The SMILES string of the molecule is CC(C)OCCOCCOCCN1CCN(CCOC(C)C)CC1. The van der Waals surface area contributed by atoms with E-state index in [0.29, 0.717) is 32.5 Å². The van der Waals surface area contributed by atoms with Gasteiger partial charge in [-0.2, -0.15) is 0 Å². The lowest BCUT2D eigenvalue weighted by molar-refractivity contribution is -0.00607. The Morgan fingerprint density at radius 1 is 0.583 bits per heavy atom. The molecule has 0 aliphatic carbocycles. The second kappa shape index (κ2) is 14.0. The first kappa shape index (κ1) is 21.8. The van der Waals surface area contributed by atoms with Crippen LogP contribution >= 0.6 is 0 Å². The average Bonchev–Trinajstić information content (AvgIpc) is 2.54. The number of hydrogen-bond donors (Lipinski definition) is 0. The minimum atomic E-state index is 0.271. The lowest BCUT2D eigenvalue weighted by Gasteiger charge is -2.34. The largest absolute Gasteiger partial charge is 0.378 e. The van der Waals surface area contributed by atoms with Crippen LogP contribution in [0.25, 0.3) is 0 Å². The lowest BCUT2D eigenvalue weighted by Crippen LogP contribution is -2.48. The van der Waals surface area contributed by atoms with Crippen LogP contribution in [0.5, 0.6) is 0 Å². The summed E-state index contributed by atoms with van der Waals surface area (Å²) in [6, 6.07) is 0. The minimum Gasteiger partial charge on any atom is -0.378 e. The molecule has 0 atom stereocenters. The number of ether oxygens (including phenoxy) is 4. The molecule has 0 bridgehead atoms. The summed E-state index contributed by atoms with van der Waals surface area (Å²) in [5, 5.41) is 0. The lowest BCUT2D eigenvalue weighted by atomic mass is 10.3. The molecule has 1 aliphatic rings. The predicted molar refractivity (Wildman–Crippen MR) is 96.7 cm³/mol. The van der Waals surface area contributed by atoms with E-state index in [4.69, 9.17) is 18.9 Å². The topological polar surface area (TPSA) is 43.4 Å². The Morgan fingerprint density at radius 2 is 1.00 bits per heavy atom. The zero-order chi connectivity index (χ0) is 17.6. The van der Waals surface area contributed by atoms with Crippen molar-refractivity contribution < 1.29 is 18.9 Å². The van der Waals surface area contributed by atoms with Gasteiger partial charge in [-0.05, 0) is 27.7 Å². The van der Waals surface area contributed by atoms with Crippen LogP contribution in [0.4, 0.5) is 0 Å². The zero-order valence-corrected chi connectivity index (χ0v) is 16.2. The third-order valence-electron chi connectivity index (χ3n) is 3.93. The maximum atomic E-state index is 5.64. The monoisotopic (exact) mass is 346 g/mol. The molecule has 0 N–H and O–H groups in total. The van der Waals surface area contributed by atoms with Gasteiger partial charge >= 0.3 is 0 Å². The summed E-state index contributed by atoms with van der Waals surface area (Å²) in [5.41, 5.74) is 0. The van der Waals surface area contributed by atoms with Crippen LogP contribution in [0, 0.1) is 0 Å². The maximum absolute atomic E-state index is 5.64. The van der Waals surface area contributed by atoms with Gasteiger partial charge in [0.25, 0.3) is 0 Å². The first-order valence-electron chi connectivity index (χ1n) is 9.41. The van der Waals surface area contributed by atoms with Crippen molar-refractivity contribution in [1.29, 1.82) is 0 Å². The molecule has 0 spiro atoms. The molecule has 0 unspecified atom stereocenters. The molecular weight excluding hydrogens is 308 g/mol. The Bertz CT molecular complexity index is 282. The molecule has 1 rings (SSSR count). The molecule has 24 heavy (non-hydrogen) atoms. The zero-order valence-electron chi connectivity index (χ0n) is 16.2. The Labute approximate surface area is 148 Å². The molecule has 0 saturated carbocycles. The van der Waals surface area contributed by atoms with Crippen LogP contribution < -0.4 is 0 Å². The summed E-state index contributed by atoms with van der Waals surface area (Å²) >= 11 is 0. The van der Waals surface area contributed by atoms with Gasteiger partial charge in [0.2, 0.25) is 0 Å². The molecule has 0 radical (unpaired) electrons. The van der Waals surface area contributed by atoms with Gasteiger partial charge in [0.05, 0.1) is 51.8 Å². The molecule has 1 saturated heterocycles. The number of piperazine rings is 1. The van der Waals surface area contributed by atoms with Crippen LogP contribution in [0.15, 0.2) is 0 Å².